The van der Waals surface area contributed by atoms with E-state index in [1.54, 1.807) is 0 Å². The fraction of sp³-hybridized carbons (Fsp3) is 0.250. The number of nitrogens with one attached hydrogen (secondary N) is 1. The maximum atomic E-state index is 12.8. The van der Waals surface area contributed by atoms with Gasteiger partial charge in [-0.25, -0.2) is 4.39 Å². The van der Waals surface area contributed by atoms with Crippen LogP contribution in [0, 0.1) is 12.7 Å². The molecule has 0 fully saturated rings. The fourth-order valence-electron chi connectivity index (χ4n) is 1.85. The molecule has 0 amide bonds. The van der Waals surface area contributed by atoms with Crippen LogP contribution >= 0.6 is 0 Å². The van der Waals surface area contributed by atoms with Crippen LogP contribution in [0.2, 0.25) is 0 Å². The minimum absolute atomic E-state index is 0.190. The van der Waals surface area contributed by atoms with Crippen molar-refractivity contribution < 1.29 is 4.39 Å². The van der Waals surface area contributed by atoms with Gasteiger partial charge in [-0.15, -0.1) is 0 Å². The predicted molar refractivity (Wildman–Crippen MR) is 72.8 cm³/mol. The predicted octanol–water partition coefficient (Wildman–Crippen LogP) is 3.98. The molecule has 0 spiro atoms. The minimum atomic E-state index is -0.190. The first-order chi connectivity index (χ1) is 8.65. The summed E-state index contributed by atoms with van der Waals surface area (Å²) in [5, 5.41) is 3.43. The second-order valence-electron chi connectivity index (χ2n) is 4.64. The van der Waals surface area contributed by atoms with E-state index in [9.17, 15) is 4.39 Å². The van der Waals surface area contributed by atoms with Gasteiger partial charge in [-0.2, -0.15) is 0 Å². The van der Waals surface area contributed by atoms with Crippen molar-refractivity contribution >= 4 is 0 Å². The molecule has 18 heavy (non-hydrogen) atoms. The van der Waals surface area contributed by atoms with Crippen LogP contribution in [0.15, 0.2) is 48.5 Å². The van der Waals surface area contributed by atoms with Gasteiger partial charge in [-0.1, -0.05) is 42.0 Å². The molecule has 94 valence electrons. The van der Waals surface area contributed by atoms with Crippen molar-refractivity contribution in [3.63, 3.8) is 0 Å². The van der Waals surface area contributed by atoms with Crippen LogP contribution in [0.4, 0.5) is 4.39 Å². The average molecular weight is 243 g/mol. The molecule has 0 radical (unpaired) electrons. The van der Waals surface area contributed by atoms with Crippen molar-refractivity contribution in [2.45, 2.75) is 26.4 Å². The van der Waals surface area contributed by atoms with E-state index in [4.69, 9.17) is 0 Å². The SMILES string of the molecule is Cc1ccc(CN[C@H](C)c2ccc(F)cc2)cc1. The fourth-order valence-corrected chi connectivity index (χ4v) is 1.85. The van der Waals surface area contributed by atoms with Crippen LogP contribution in [0.3, 0.4) is 0 Å². The largest absolute Gasteiger partial charge is 0.306 e. The van der Waals surface area contributed by atoms with Gasteiger partial charge >= 0.3 is 0 Å². The third-order valence-electron chi connectivity index (χ3n) is 3.10. The molecule has 2 aromatic rings. The smallest absolute Gasteiger partial charge is 0.123 e. The molecule has 1 atom stereocenters. The number of benzene rings is 2. The number of halogens is 1. The molecule has 1 nitrogen and oxygen atoms in total. The van der Waals surface area contributed by atoms with Crippen LogP contribution in [0.25, 0.3) is 0 Å². The lowest BCUT2D eigenvalue weighted by molar-refractivity contribution is 0.571. The Labute approximate surface area is 108 Å². The normalized spacial score (nSPS) is 12.4. The quantitative estimate of drug-likeness (QED) is 0.856. The lowest BCUT2D eigenvalue weighted by atomic mass is 10.1. The van der Waals surface area contributed by atoms with E-state index in [2.05, 4.69) is 43.4 Å². The Morgan fingerprint density at radius 2 is 1.61 bits per heavy atom. The highest BCUT2D eigenvalue weighted by atomic mass is 19.1. The molecule has 0 unspecified atom stereocenters. The van der Waals surface area contributed by atoms with Gasteiger partial charge in [0.15, 0.2) is 0 Å². The summed E-state index contributed by atoms with van der Waals surface area (Å²) in [4.78, 5) is 0. The Hall–Kier alpha value is -1.67. The zero-order valence-electron chi connectivity index (χ0n) is 10.8. The number of hydrogen-bond acceptors (Lipinski definition) is 1. The minimum Gasteiger partial charge on any atom is -0.306 e. The molecular weight excluding hydrogens is 225 g/mol. The first-order valence-electron chi connectivity index (χ1n) is 6.19. The molecule has 0 saturated carbocycles. The van der Waals surface area contributed by atoms with E-state index in [0.29, 0.717) is 0 Å². The zero-order valence-corrected chi connectivity index (χ0v) is 10.8. The first kappa shape index (κ1) is 12.8. The highest BCUT2D eigenvalue weighted by Gasteiger charge is 2.04. The van der Waals surface area contributed by atoms with Crippen molar-refractivity contribution in [1.82, 2.24) is 5.32 Å². The van der Waals surface area contributed by atoms with Gasteiger partial charge in [0, 0.05) is 12.6 Å². The Kier molecular flexibility index (Phi) is 4.11. The van der Waals surface area contributed by atoms with Gasteiger partial charge in [0.25, 0.3) is 0 Å². The lowest BCUT2D eigenvalue weighted by Crippen LogP contribution is -2.18. The van der Waals surface area contributed by atoms with Gasteiger partial charge in [0.1, 0.15) is 5.82 Å². The van der Waals surface area contributed by atoms with E-state index in [1.807, 2.05) is 12.1 Å². The monoisotopic (exact) mass is 243 g/mol. The molecule has 0 heterocycles. The second kappa shape index (κ2) is 5.78. The molecule has 0 aliphatic carbocycles. The Bertz CT molecular complexity index is 488. The number of aryl methyl sites for hydroxylation is 1. The van der Waals surface area contributed by atoms with E-state index < -0.39 is 0 Å². The summed E-state index contributed by atoms with van der Waals surface area (Å²) < 4.78 is 12.8. The first-order valence-corrected chi connectivity index (χ1v) is 6.19. The number of hydrogen-bond donors (Lipinski definition) is 1. The topological polar surface area (TPSA) is 12.0 Å². The van der Waals surface area contributed by atoms with Crippen molar-refractivity contribution in [3.8, 4) is 0 Å². The number of rotatable bonds is 4. The van der Waals surface area contributed by atoms with Crippen LogP contribution in [0.5, 0.6) is 0 Å². The third kappa shape index (κ3) is 3.41. The molecule has 0 saturated heterocycles. The lowest BCUT2D eigenvalue weighted by Gasteiger charge is -2.14. The van der Waals surface area contributed by atoms with Gasteiger partial charge in [-0.3, -0.25) is 0 Å². The van der Waals surface area contributed by atoms with Gasteiger partial charge in [0.2, 0.25) is 0 Å². The third-order valence-corrected chi connectivity index (χ3v) is 3.10. The van der Waals surface area contributed by atoms with E-state index in [1.165, 1.54) is 23.3 Å². The summed E-state index contributed by atoms with van der Waals surface area (Å²) in [5.74, 6) is -0.190. The summed E-state index contributed by atoms with van der Waals surface area (Å²) >= 11 is 0. The van der Waals surface area contributed by atoms with Crippen LogP contribution in [-0.2, 0) is 6.54 Å². The Balaban J connectivity index is 1.93. The molecule has 2 aromatic carbocycles. The summed E-state index contributed by atoms with van der Waals surface area (Å²) in [6, 6.07) is 15.3. The van der Waals surface area contributed by atoms with Crippen molar-refractivity contribution in [2.24, 2.45) is 0 Å². The molecule has 1 N–H and O–H groups in total. The average Bonchev–Trinajstić information content (AvgIpc) is 2.38. The van der Waals surface area contributed by atoms with Crippen molar-refractivity contribution in [3.05, 3.63) is 71.0 Å². The van der Waals surface area contributed by atoms with Gasteiger partial charge < -0.3 is 5.32 Å². The molecule has 0 aromatic heterocycles. The van der Waals surface area contributed by atoms with Crippen LogP contribution in [-0.4, -0.2) is 0 Å². The van der Waals surface area contributed by atoms with Gasteiger partial charge in [0.05, 0.1) is 0 Å². The molecule has 2 heteroatoms. The Morgan fingerprint density at radius 1 is 1.00 bits per heavy atom. The van der Waals surface area contributed by atoms with Gasteiger partial charge in [-0.05, 0) is 37.1 Å². The van der Waals surface area contributed by atoms with E-state index in [-0.39, 0.29) is 11.9 Å². The zero-order chi connectivity index (χ0) is 13.0. The summed E-state index contributed by atoms with van der Waals surface area (Å²) in [5.41, 5.74) is 3.63. The van der Waals surface area contributed by atoms with E-state index in [0.717, 1.165) is 12.1 Å². The maximum absolute atomic E-state index is 12.8. The molecule has 0 aliphatic rings. The summed E-state index contributed by atoms with van der Waals surface area (Å²) in [7, 11) is 0. The standard InChI is InChI=1S/C16H18FN/c1-12-3-5-14(6-4-12)11-18-13(2)15-7-9-16(17)10-8-15/h3-10,13,18H,11H2,1-2H3/t13-/m1/s1. The maximum Gasteiger partial charge on any atom is 0.123 e. The van der Waals surface area contributed by atoms with E-state index >= 15 is 0 Å². The van der Waals surface area contributed by atoms with Crippen LogP contribution < -0.4 is 5.32 Å². The molecule has 0 aliphatic heterocycles. The van der Waals surface area contributed by atoms with Crippen LogP contribution in [0.1, 0.15) is 29.7 Å². The highest BCUT2D eigenvalue weighted by Crippen LogP contribution is 2.13. The second-order valence-corrected chi connectivity index (χ2v) is 4.64. The highest BCUT2D eigenvalue weighted by molar-refractivity contribution is 5.22. The van der Waals surface area contributed by atoms with Crippen molar-refractivity contribution in [1.29, 1.82) is 0 Å². The summed E-state index contributed by atoms with van der Waals surface area (Å²) in [6.07, 6.45) is 0. The summed E-state index contributed by atoms with van der Waals surface area (Å²) in [6.45, 7) is 4.98. The molecule has 0 bridgehead atoms. The molecule has 2 rings (SSSR count). The molecular formula is C16H18FN. The van der Waals surface area contributed by atoms with Crippen molar-refractivity contribution in [2.75, 3.05) is 0 Å². The Morgan fingerprint density at radius 3 is 2.22 bits per heavy atom.